The summed E-state index contributed by atoms with van der Waals surface area (Å²) < 4.78 is 89.2. The number of nitrogens with zero attached hydrogens (tertiary/aromatic N) is 1. The molecule has 30 nitrogen and oxygen atoms in total. The highest BCUT2D eigenvalue weighted by atomic mass is 28.4. The third-order valence-electron chi connectivity index (χ3n) is 28.9. The number of carbonyl (C=O) groups is 9. The Labute approximate surface area is 880 Å². The van der Waals surface area contributed by atoms with Crippen molar-refractivity contribution in [2.45, 2.75) is 219 Å². The predicted molar refractivity (Wildman–Crippen MR) is 573 cm³/mol. The van der Waals surface area contributed by atoms with Crippen LogP contribution in [-0.4, -0.2) is 203 Å². The maximum atomic E-state index is 13.8. The predicted octanol–water partition coefficient (Wildman–Crippen LogP) is 17.7. The number of aliphatic hydroxyl groups is 1. The maximum Gasteiger partial charge on any atom is 0.412 e. The molecule has 2 unspecified atom stereocenters. The highest BCUT2D eigenvalue weighted by molar-refractivity contribution is 7.00. The minimum Gasteiger partial charge on any atom is -0.465 e. The van der Waals surface area contributed by atoms with Crippen molar-refractivity contribution in [3.63, 3.8) is 0 Å². The second kappa shape index (κ2) is 53.3. The van der Waals surface area contributed by atoms with E-state index < -0.39 is 102 Å². The molecule has 4 saturated heterocycles. The molecule has 0 bridgehead atoms. The summed E-state index contributed by atoms with van der Waals surface area (Å²) in [5, 5.41) is 25.7. The summed E-state index contributed by atoms with van der Waals surface area (Å²) in [5.41, 5.74) is 10.3. The van der Waals surface area contributed by atoms with E-state index in [0.717, 1.165) is 70.6 Å². The molecular formula is C118H141N5O25Si2. The van der Waals surface area contributed by atoms with Gasteiger partial charge in [0.25, 0.3) is 29.6 Å². The van der Waals surface area contributed by atoms with Gasteiger partial charge in [-0.2, -0.15) is 0 Å². The number of anilines is 2. The highest BCUT2D eigenvalue weighted by Gasteiger charge is 2.53. The Bertz CT molecular complexity index is 5980. The van der Waals surface area contributed by atoms with Crippen molar-refractivity contribution >= 4 is 104 Å². The standard InChI is InChI=1S/C59H69N3O13Si.C36H40N2O10.C23H32O2Si/c1-39-40(2)55(73-41(3)64)56(75-52(39)37-68-38-63)74-51-28-27-42(34-50(51)61-53(65)29-30-60-57(66)70-36-49-47-24-15-13-22-45(47)46-23-14-16-25-48(46)49)35-71-58(67)62-31-33-69-54(62)26-17-32-72-76(59(4,5)6,43-18-9-7-10-19-43)44-20-11-8-12-21-44;1-21-22(2)34(46-23(3)41)35(48-32(21)19-44-20-40)47-31-13-12-24(17-39)16-30(31)38-33(42)14-15-37-36(43)45-18-29-27-10-6-4-8-25(27)26-9-5-7-11-28(26)29;1-23(2,3)26(21-14-6-4-7-15-21,22-16-8-5-9-17-22)25-19-11-13-20-12-10-18-24-20/h7-16,18-25,27-28,34,38-40,49,52,54-56H,17,26,29-33,35-37H2,1-6H3,(H,60,66)(H,61,65);4-13,16,20-22,29,32,34-35,39H,14-15,17-19H2,1-3H3,(H,37,43)(H,38,42);4-9,14-17,20H,10-13,18-19H2,1-3H3/t39-,40-,52+,54?,55+,56+;21-,22-,32+,34+,35+;/m00./s1. The molecule has 0 saturated carbocycles. The van der Waals surface area contributed by atoms with Crippen molar-refractivity contribution in [2.75, 3.05) is 83.1 Å². The van der Waals surface area contributed by atoms with Crippen LogP contribution in [0.1, 0.15) is 180 Å². The van der Waals surface area contributed by atoms with Gasteiger partial charge in [-0.25, -0.2) is 14.4 Å². The fourth-order valence-corrected chi connectivity index (χ4v) is 30.2. The van der Waals surface area contributed by atoms with Gasteiger partial charge in [-0.05, 0) is 161 Å². The van der Waals surface area contributed by atoms with Crippen LogP contribution in [-0.2, 0) is 103 Å². The number of amides is 5. The lowest BCUT2D eigenvalue weighted by molar-refractivity contribution is -0.252. The fraction of sp³-hybridized carbons (Fsp3) is 0.415. The first-order valence-electron chi connectivity index (χ1n) is 51.8. The molecule has 4 aliphatic heterocycles. The van der Waals surface area contributed by atoms with Crippen molar-refractivity contribution in [1.29, 1.82) is 0 Å². The minimum atomic E-state index is -2.75. The Kier molecular flexibility index (Phi) is 39.9. The van der Waals surface area contributed by atoms with E-state index in [0.29, 0.717) is 62.8 Å². The first-order valence-corrected chi connectivity index (χ1v) is 55.6. The number of esters is 2. The molecule has 10 aromatic rings. The lowest BCUT2D eigenvalue weighted by Gasteiger charge is -2.43. The smallest absolute Gasteiger partial charge is 0.412 e. The van der Waals surface area contributed by atoms with Crippen LogP contribution in [0.25, 0.3) is 22.3 Å². The third-order valence-corrected chi connectivity index (χ3v) is 39.0. The van der Waals surface area contributed by atoms with Gasteiger partial charge >= 0.3 is 30.2 Å². The zero-order valence-corrected chi connectivity index (χ0v) is 89.5. The number of hydrogen-bond donors (Lipinski definition) is 5. The molecule has 5 N–H and O–H groups in total. The van der Waals surface area contributed by atoms with E-state index in [-0.39, 0.29) is 134 Å². The number of hydrogen-bond acceptors (Lipinski definition) is 25. The number of fused-ring (bicyclic) bond motifs is 6. The van der Waals surface area contributed by atoms with Gasteiger partial charge in [-0.1, -0.05) is 300 Å². The van der Waals surface area contributed by atoms with E-state index in [4.69, 9.17) is 70.4 Å². The van der Waals surface area contributed by atoms with Gasteiger partial charge in [0, 0.05) is 83.3 Å². The van der Waals surface area contributed by atoms with Crippen LogP contribution in [0.5, 0.6) is 11.5 Å². The van der Waals surface area contributed by atoms with Gasteiger partial charge in [0.1, 0.15) is 50.8 Å². The second-order valence-corrected chi connectivity index (χ2v) is 49.3. The molecule has 4 fully saturated rings. The van der Waals surface area contributed by atoms with E-state index in [1.807, 2.05) is 113 Å². The zero-order chi connectivity index (χ0) is 106. The Morgan fingerprint density at radius 3 is 1.20 bits per heavy atom. The number of benzene rings is 10. The van der Waals surface area contributed by atoms with Crippen LogP contribution < -0.4 is 51.5 Å². The Hall–Kier alpha value is -13.4. The van der Waals surface area contributed by atoms with Crippen LogP contribution in [0.15, 0.2) is 255 Å². The summed E-state index contributed by atoms with van der Waals surface area (Å²) in [6.07, 6.45) is -1.50. The maximum absolute atomic E-state index is 13.8. The first-order chi connectivity index (χ1) is 72.4. The lowest BCUT2D eigenvalue weighted by atomic mass is 9.83. The van der Waals surface area contributed by atoms with Crippen molar-refractivity contribution < 1.29 is 119 Å². The monoisotopic (exact) mass is 2080 g/mol. The van der Waals surface area contributed by atoms with Gasteiger partial charge in [-0.3, -0.25) is 33.7 Å². The molecule has 16 rings (SSSR count). The molecular weight excluding hydrogens is 1940 g/mol. The van der Waals surface area contributed by atoms with Gasteiger partial charge in [0.15, 0.2) is 12.2 Å². The molecule has 32 heteroatoms. The van der Waals surface area contributed by atoms with E-state index in [1.165, 1.54) is 47.4 Å². The molecule has 2 aliphatic carbocycles. The highest BCUT2D eigenvalue weighted by Crippen LogP contribution is 2.48. The fourth-order valence-electron chi connectivity index (χ4n) is 21.0. The largest absolute Gasteiger partial charge is 0.465 e. The molecule has 10 aromatic carbocycles. The summed E-state index contributed by atoms with van der Waals surface area (Å²) in [5.74, 6) is -2.72. The van der Waals surface area contributed by atoms with Crippen molar-refractivity contribution in [3.8, 4) is 33.8 Å². The Morgan fingerprint density at radius 2 is 0.827 bits per heavy atom. The van der Waals surface area contributed by atoms with Crippen LogP contribution in [0.3, 0.4) is 0 Å². The van der Waals surface area contributed by atoms with E-state index in [1.54, 1.807) is 41.3 Å². The quantitative estimate of drug-likeness (QED) is 0.00781. The van der Waals surface area contributed by atoms with Gasteiger partial charge in [0.05, 0.1) is 49.4 Å². The molecule has 6 aliphatic rings. The molecule has 5 amide bonds. The summed E-state index contributed by atoms with van der Waals surface area (Å²) in [4.78, 5) is 114. The number of alkyl carbamates (subject to hydrolysis) is 2. The summed E-state index contributed by atoms with van der Waals surface area (Å²) in [7, 11) is -5.12. The normalized spacial score (nSPS) is 20.2. The average Bonchev–Trinajstić information content (AvgIpc) is 1.38. The molecule has 12 atom stereocenters. The lowest BCUT2D eigenvalue weighted by Crippen LogP contribution is -2.66. The van der Waals surface area contributed by atoms with E-state index >= 15 is 0 Å². The van der Waals surface area contributed by atoms with Gasteiger partial charge in [0.2, 0.25) is 24.4 Å². The molecule has 0 spiro atoms. The number of nitrogens with one attached hydrogen (secondary N) is 4. The topological polar surface area (TPSA) is 364 Å². The summed E-state index contributed by atoms with van der Waals surface area (Å²) in [6, 6.07) is 84.5. The SMILES string of the molecule is CC(=O)O[C@H]1[C@H](Oc2ccc(CO)cc2NC(=O)CCNC(=O)OCC2c3ccccc3-c3ccccc32)O[C@H](COC=O)[C@@H](C)[C@@H]1C.CC(=O)O[C@H]1[C@H](Oc2ccc(COC(=O)N3CCOC3CCCO[Si](c3ccccc3)(c3ccccc3)C(C)(C)C)cc2NC(=O)CCNC(=O)OCC2c3ccccc3-c3ccccc32)O[C@H](COC=O)[C@@H](C)[C@@H]1C.CC(C)(C)[Si](OCCCC1CCCO1)(c1ccccc1)c1ccccc1. The van der Waals surface area contributed by atoms with Crippen LogP contribution in [0, 0.1) is 23.7 Å². The van der Waals surface area contributed by atoms with Crippen LogP contribution >= 0.6 is 0 Å². The summed E-state index contributed by atoms with van der Waals surface area (Å²) >= 11 is 0. The molecule has 150 heavy (non-hydrogen) atoms. The summed E-state index contributed by atoms with van der Waals surface area (Å²) in [6.45, 7) is 27.1. The van der Waals surface area contributed by atoms with Gasteiger partial charge in [-0.15, -0.1) is 0 Å². The molecule has 796 valence electrons. The van der Waals surface area contributed by atoms with Crippen LogP contribution in [0.4, 0.5) is 25.8 Å². The molecule has 0 aromatic heterocycles. The first kappa shape index (κ1) is 112. The Morgan fingerprint density at radius 1 is 0.447 bits per heavy atom. The number of carbonyl (C=O) groups excluding carboxylic acids is 9. The van der Waals surface area contributed by atoms with Crippen molar-refractivity contribution in [3.05, 3.63) is 288 Å². The van der Waals surface area contributed by atoms with E-state index in [9.17, 15) is 48.3 Å². The third kappa shape index (κ3) is 28.1. The van der Waals surface area contributed by atoms with Crippen LogP contribution in [0.2, 0.25) is 10.1 Å². The van der Waals surface area contributed by atoms with Gasteiger partial charge < -0.3 is 96.8 Å². The minimum absolute atomic E-state index is 0.00641. The average molecular weight is 2090 g/mol. The second-order valence-electron chi connectivity index (χ2n) is 40.7. The van der Waals surface area contributed by atoms with Crippen molar-refractivity contribution in [1.82, 2.24) is 15.5 Å². The van der Waals surface area contributed by atoms with E-state index in [2.05, 4.69) is 196 Å². The molecule has 4 heterocycles. The van der Waals surface area contributed by atoms with Crippen molar-refractivity contribution in [2.24, 2.45) is 23.7 Å². The zero-order valence-electron chi connectivity index (χ0n) is 87.5. The molecule has 0 radical (unpaired) electrons. The number of aliphatic hydroxyl groups excluding tert-OH is 1. The number of ether oxygens (including phenoxy) is 13. The number of rotatable bonds is 41. The Balaban J connectivity index is 0.000000202.